The highest BCUT2D eigenvalue weighted by molar-refractivity contribution is 5.72. The summed E-state index contributed by atoms with van der Waals surface area (Å²) >= 11 is 0. The number of carbonyl (C=O) groups excluding carboxylic acids is 2. The van der Waals surface area contributed by atoms with E-state index >= 15 is 0 Å². The van der Waals surface area contributed by atoms with E-state index in [4.69, 9.17) is 18.9 Å². The van der Waals surface area contributed by atoms with Gasteiger partial charge in [-0.1, -0.05) is 148 Å². The minimum absolute atomic E-state index is 0.0315. The second kappa shape index (κ2) is 31.5. The Morgan fingerprint density at radius 3 is 2.24 bits per heavy atom. The molecule has 8 unspecified atom stereocenters. The highest BCUT2D eigenvalue weighted by Gasteiger charge is 2.59. The molecule has 0 amide bonds. The average molecular weight is 949 g/mol. The van der Waals surface area contributed by atoms with Crippen LogP contribution >= 0.6 is 0 Å². The summed E-state index contributed by atoms with van der Waals surface area (Å²) in [6.07, 6.45) is 46.8. The minimum atomic E-state index is -0.272. The maximum absolute atomic E-state index is 13.1. The van der Waals surface area contributed by atoms with Crippen molar-refractivity contribution in [2.75, 3.05) is 46.1 Å². The molecule has 5 aliphatic rings. The number of unbranched alkanes of at least 4 members (excludes halogenated alkanes) is 9. The van der Waals surface area contributed by atoms with Crippen LogP contribution in [0.5, 0.6) is 0 Å². The molecule has 1 heterocycles. The van der Waals surface area contributed by atoms with E-state index in [-0.39, 0.29) is 49.0 Å². The SMILES string of the molecule is CCCCC/C=C\C/C=C\CCCCCCCCOCC(CN1CCCCC1)OCCOC(=O)CCCC(=O)OC1CCC2(C)C(=CCC3C2CCC2(C)C(C(CC)CCCC(C)C)CC[C@@H]32)C1. The third kappa shape index (κ3) is 18.6. The quantitative estimate of drug-likeness (QED) is 0.0361. The van der Waals surface area contributed by atoms with Gasteiger partial charge in [-0.05, 0) is 162 Å². The number of hydrogen-bond acceptors (Lipinski definition) is 7. The number of esters is 2. The topological polar surface area (TPSA) is 74.3 Å². The number of allylic oxidation sites excluding steroid dienone is 5. The molecular formula is C61H105NO6. The molecule has 68 heavy (non-hydrogen) atoms. The molecule has 0 aromatic rings. The number of nitrogens with zero attached hydrogens (tertiary/aromatic N) is 1. The smallest absolute Gasteiger partial charge is 0.306 e. The Kier molecular flexibility index (Phi) is 26.4. The molecule has 0 bridgehead atoms. The van der Waals surface area contributed by atoms with Crippen LogP contribution in [0.1, 0.15) is 234 Å². The lowest BCUT2D eigenvalue weighted by atomic mass is 9.47. The summed E-state index contributed by atoms with van der Waals surface area (Å²) in [5.41, 5.74) is 2.30. The van der Waals surface area contributed by atoms with Gasteiger partial charge in [-0.15, -0.1) is 0 Å². The first-order valence-electron chi connectivity index (χ1n) is 29.3. The molecule has 0 aromatic carbocycles. The van der Waals surface area contributed by atoms with Crippen LogP contribution in [-0.4, -0.2) is 75.1 Å². The van der Waals surface area contributed by atoms with Gasteiger partial charge >= 0.3 is 11.9 Å². The van der Waals surface area contributed by atoms with Gasteiger partial charge in [0.05, 0.1) is 19.3 Å². The molecule has 4 aliphatic carbocycles. The molecule has 4 fully saturated rings. The summed E-state index contributed by atoms with van der Waals surface area (Å²) in [4.78, 5) is 28.2. The number of rotatable bonds is 34. The molecule has 0 spiro atoms. The van der Waals surface area contributed by atoms with Crippen LogP contribution < -0.4 is 0 Å². The highest BCUT2D eigenvalue weighted by Crippen LogP contribution is 2.67. The van der Waals surface area contributed by atoms with E-state index in [1.807, 2.05) is 0 Å². The Labute approximate surface area is 418 Å². The molecule has 7 heteroatoms. The predicted molar refractivity (Wildman–Crippen MR) is 283 cm³/mol. The van der Waals surface area contributed by atoms with Gasteiger partial charge < -0.3 is 23.8 Å². The largest absolute Gasteiger partial charge is 0.463 e. The van der Waals surface area contributed by atoms with E-state index in [9.17, 15) is 9.59 Å². The summed E-state index contributed by atoms with van der Waals surface area (Å²) in [5.74, 6) is 4.58. The molecule has 0 radical (unpaired) electrons. The molecular weight excluding hydrogens is 843 g/mol. The van der Waals surface area contributed by atoms with Crippen LogP contribution in [0.15, 0.2) is 36.0 Å². The van der Waals surface area contributed by atoms with Crippen molar-refractivity contribution in [3.8, 4) is 0 Å². The molecule has 0 N–H and O–H groups in total. The standard InChI is InChI=1S/C61H105NO6/c1-7-9-10-11-12-13-14-15-16-17-18-19-20-21-22-26-43-65-48-53(47-62-41-24-23-25-42-62)66-44-45-67-58(63)31-28-32-59(64)68-52-37-39-60(5)51(46-52)33-34-54-56-36-35-55(61(56,6)40-38-57(54)60)50(8-2)30-27-29-49(3)4/h12-13,15-16,33,49-50,52-57H,7-11,14,17-32,34-48H2,1-6H3/b13-12-,16-15-/t50?,52?,53?,54?,55?,56-,57?,60?,61?/m0/s1. The van der Waals surface area contributed by atoms with Gasteiger partial charge in [0, 0.05) is 32.4 Å². The summed E-state index contributed by atoms with van der Waals surface area (Å²) < 4.78 is 24.1. The zero-order valence-corrected chi connectivity index (χ0v) is 45.1. The Balaban J connectivity index is 0.917. The van der Waals surface area contributed by atoms with Crippen LogP contribution in [0, 0.1) is 46.3 Å². The van der Waals surface area contributed by atoms with Crippen molar-refractivity contribution in [1.29, 1.82) is 0 Å². The zero-order chi connectivity index (χ0) is 48.5. The summed E-state index contributed by atoms with van der Waals surface area (Å²) in [7, 11) is 0. The van der Waals surface area contributed by atoms with Crippen molar-refractivity contribution in [3.05, 3.63) is 36.0 Å². The Morgan fingerprint density at radius 2 is 1.49 bits per heavy atom. The Morgan fingerprint density at radius 1 is 0.750 bits per heavy atom. The predicted octanol–water partition coefficient (Wildman–Crippen LogP) is 15.7. The molecule has 9 atom stereocenters. The van der Waals surface area contributed by atoms with Gasteiger partial charge in [0.2, 0.25) is 0 Å². The molecule has 1 saturated heterocycles. The summed E-state index contributed by atoms with van der Waals surface area (Å²) in [6, 6.07) is 0. The first-order valence-corrected chi connectivity index (χ1v) is 29.3. The van der Waals surface area contributed by atoms with Crippen molar-refractivity contribution in [3.63, 3.8) is 0 Å². The second-order valence-corrected chi connectivity index (χ2v) is 23.4. The van der Waals surface area contributed by atoms with Crippen LogP contribution in [0.25, 0.3) is 0 Å². The lowest BCUT2D eigenvalue weighted by Gasteiger charge is -2.58. The van der Waals surface area contributed by atoms with Crippen molar-refractivity contribution in [2.45, 2.75) is 246 Å². The van der Waals surface area contributed by atoms with Crippen LogP contribution in [0.2, 0.25) is 0 Å². The number of fused-ring (bicyclic) bond motifs is 5. The fourth-order valence-corrected chi connectivity index (χ4v) is 14.1. The Bertz CT molecular complexity index is 1500. The fraction of sp³-hybridized carbons (Fsp3) is 0.869. The van der Waals surface area contributed by atoms with Crippen LogP contribution in [-0.2, 0) is 28.5 Å². The molecule has 0 aromatic heterocycles. The Hall–Kier alpha value is -1.96. The molecule has 390 valence electrons. The average Bonchev–Trinajstić information content (AvgIpc) is 3.68. The van der Waals surface area contributed by atoms with Gasteiger partial charge in [0.1, 0.15) is 12.7 Å². The molecule has 3 saturated carbocycles. The number of hydrogen-bond donors (Lipinski definition) is 0. The first-order chi connectivity index (χ1) is 33.1. The maximum atomic E-state index is 13.1. The zero-order valence-electron chi connectivity index (χ0n) is 45.1. The maximum Gasteiger partial charge on any atom is 0.306 e. The lowest BCUT2D eigenvalue weighted by molar-refractivity contribution is -0.152. The fourth-order valence-electron chi connectivity index (χ4n) is 14.1. The number of likely N-dealkylation sites (tertiary alicyclic amines) is 1. The highest BCUT2D eigenvalue weighted by atomic mass is 16.6. The van der Waals surface area contributed by atoms with Crippen molar-refractivity contribution in [2.24, 2.45) is 46.3 Å². The van der Waals surface area contributed by atoms with Gasteiger partial charge in [0.25, 0.3) is 0 Å². The van der Waals surface area contributed by atoms with E-state index < -0.39 is 0 Å². The van der Waals surface area contributed by atoms with E-state index in [1.165, 1.54) is 141 Å². The molecule has 1 aliphatic heterocycles. The van der Waals surface area contributed by atoms with Gasteiger partial charge in [-0.3, -0.25) is 9.59 Å². The van der Waals surface area contributed by atoms with Crippen LogP contribution in [0.4, 0.5) is 0 Å². The third-order valence-corrected chi connectivity index (χ3v) is 18.0. The van der Waals surface area contributed by atoms with E-state index in [0.29, 0.717) is 25.0 Å². The first kappa shape index (κ1) is 56.9. The van der Waals surface area contributed by atoms with E-state index in [1.54, 1.807) is 5.57 Å². The van der Waals surface area contributed by atoms with Gasteiger partial charge in [-0.25, -0.2) is 0 Å². The third-order valence-electron chi connectivity index (χ3n) is 18.0. The van der Waals surface area contributed by atoms with Crippen molar-refractivity contribution >= 4 is 11.9 Å². The van der Waals surface area contributed by atoms with Gasteiger partial charge in [0.15, 0.2) is 0 Å². The van der Waals surface area contributed by atoms with E-state index in [2.05, 4.69) is 76.8 Å². The summed E-state index contributed by atoms with van der Waals surface area (Å²) in [6.45, 7) is 19.7. The minimum Gasteiger partial charge on any atom is -0.463 e. The molecule has 5 rings (SSSR count). The summed E-state index contributed by atoms with van der Waals surface area (Å²) in [5, 5.41) is 0. The molecule has 7 nitrogen and oxygen atoms in total. The number of carbonyl (C=O) groups is 2. The normalized spacial score (nSPS) is 28.3. The van der Waals surface area contributed by atoms with Crippen molar-refractivity contribution in [1.82, 2.24) is 4.90 Å². The monoisotopic (exact) mass is 948 g/mol. The van der Waals surface area contributed by atoms with Crippen molar-refractivity contribution < 1.29 is 28.5 Å². The van der Waals surface area contributed by atoms with E-state index in [0.717, 1.165) is 93.9 Å². The lowest BCUT2D eigenvalue weighted by Crippen LogP contribution is -2.51. The van der Waals surface area contributed by atoms with Crippen LogP contribution in [0.3, 0.4) is 0 Å². The second-order valence-electron chi connectivity index (χ2n) is 23.4. The van der Waals surface area contributed by atoms with Gasteiger partial charge in [-0.2, -0.15) is 0 Å². The number of piperidine rings is 1. The number of ether oxygens (including phenoxy) is 4.